The number of fused-ring (bicyclic) bond motifs is 1. The molecule has 17 heteroatoms. The molecule has 6 rings (SSSR count). The van der Waals surface area contributed by atoms with E-state index >= 15 is 0 Å². The lowest BCUT2D eigenvalue weighted by molar-refractivity contribution is -0.153. The number of rotatable bonds is 9. The molecule has 46 heavy (non-hydrogen) atoms. The highest BCUT2D eigenvalue weighted by Crippen LogP contribution is 2.38. The van der Waals surface area contributed by atoms with E-state index in [2.05, 4.69) is 43.2 Å². The number of carbonyl (C=O) groups excluding carboxylic acids is 2. The number of carbonyl (C=O) groups is 2. The number of anilines is 4. The summed E-state index contributed by atoms with van der Waals surface area (Å²) in [6, 6.07) is 7.24. The highest BCUT2D eigenvalue weighted by atomic mass is 35.5. The number of nitriles is 2. The number of nitrogens with one attached hydrogen (secondary N) is 3. The Labute approximate surface area is 269 Å². The van der Waals surface area contributed by atoms with Crippen LogP contribution in [0.4, 0.5) is 27.9 Å². The Balaban J connectivity index is 1.26. The number of esters is 1. The van der Waals surface area contributed by atoms with Gasteiger partial charge < -0.3 is 35.1 Å². The number of alkyl carbamates (subject to hydrolysis) is 1. The van der Waals surface area contributed by atoms with Crippen LogP contribution in [0.1, 0.15) is 30.5 Å². The molecule has 2 atom stereocenters. The fraction of sp³-hybridized carbons (Fsp3) is 0.483. The molecule has 3 aromatic rings. The minimum Gasteiger partial charge on any atom is -0.457 e. The molecule has 240 valence electrons. The summed E-state index contributed by atoms with van der Waals surface area (Å²) in [5, 5.41) is 33.4. The topological polar surface area (TPSA) is 195 Å². The number of hydrogen-bond donors (Lipinski definition) is 3. The van der Waals surface area contributed by atoms with Crippen molar-refractivity contribution in [3.63, 3.8) is 0 Å². The summed E-state index contributed by atoms with van der Waals surface area (Å²) in [4.78, 5) is 37.8. The first-order valence-corrected chi connectivity index (χ1v) is 15.2. The Hall–Kier alpha value is -4.90. The molecular weight excluding hydrogens is 618 g/mol. The number of piperidine rings is 1. The fourth-order valence-corrected chi connectivity index (χ4v) is 5.70. The van der Waals surface area contributed by atoms with E-state index < -0.39 is 24.2 Å². The minimum absolute atomic E-state index is 0.0932. The highest BCUT2D eigenvalue weighted by molar-refractivity contribution is 6.36. The second-order valence-electron chi connectivity index (χ2n) is 11.2. The summed E-state index contributed by atoms with van der Waals surface area (Å²) >= 11 is 6.96. The normalized spacial score (nSPS) is 20.0. The smallest absolute Gasteiger partial charge is 0.407 e. The van der Waals surface area contributed by atoms with Crippen LogP contribution in [0.5, 0.6) is 0 Å². The third kappa shape index (κ3) is 6.99. The second kappa shape index (κ2) is 13.6. The van der Waals surface area contributed by atoms with Gasteiger partial charge in [0.1, 0.15) is 12.2 Å². The highest BCUT2D eigenvalue weighted by Gasteiger charge is 2.35. The maximum absolute atomic E-state index is 13.0. The predicted octanol–water partition coefficient (Wildman–Crippen LogP) is 2.02. The molecule has 4 heterocycles. The molecule has 2 aromatic heterocycles. The van der Waals surface area contributed by atoms with Crippen molar-refractivity contribution in [1.82, 2.24) is 29.8 Å². The average molecular weight is 650 g/mol. The van der Waals surface area contributed by atoms with Gasteiger partial charge in [0, 0.05) is 25.7 Å². The zero-order chi connectivity index (χ0) is 32.2. The van der Waals surface area contributed by atoms with Crippen LogP contribution in [0.3, 0.4) is 0 Å². The number of imidazole rings is 1. The van der Waals surface area contributed by atoms with Crippen LogP contribution in [0, 0.1) is 22.7 Å². The first-order chi connectivity index (χ1) is 22.3. The first kappa shape index (κ1) is 31.1. The monoisotopic (exact) mass is 649 g/mol. The van der Waals surface area contributed by atoms with Crippen molar-refractivity contribution in [2.24, 2.45) is 0 Å². The number of morpholine rings is 1. The van der Waals surface area contributed by atoms with Crippen LogP contribution in [-0.4, -0.2) is 108 Å². The molecule has 0 bridgehead atoms. The van der Waals surface area contributed by atoms with Crippen molar-refractivity contribution in [2.45, 2.75) is 37.5 Å². The Bertz CT molecular complexity index is 1710. The summed E-state index contributed by atoms with van der Waals surface area (Å²) in [7, 11) is 1.27. The van der Waals surface area contributed by atoms with Gasteiger partial charge in [-0.2, -0.15) is 20.0 Å². The van der Waals surface area contributed by atoms with Gasteiger partial charge in [-0.1, -0.05) is 11.6 Å². The van der Waals surface area contributed by atoms with Crippen molar-refractivity contribution in [1.29, 1.82) is 10.5 Å². The van der Waals surface area contributed by atoms with E-state index in [4.69, 9.17) is 25.8 Å². The number of benzene rings is 1. The summed E-state index contributed by atoms with van der Waals surface area (Å²) in [6.07, 6.45) is 2.48. The average Bonchev–Trinajstić information content (AvgIpc) is 3.78. The number of hydrogen-bond acceptors (Lipinski definition) is 14. The first-order valence-electron chi connectivity index (χ1n) is 14.9. The molecule has 1 aromatic carbocycles. The molecule has 1 saturated carbocycles. The zero-order valence-corrected chi connectivity index (χ0v) is 25.8. The predicted molar refractivity (Wildman–Crippen MR) is 165 cm³/mol. The molecule has 2 aliphatic heterocycles. The standard InChI is InChI=1S/C29H32ClN11O5/c1-44-29(43)36-20-4-5-40(15-23(20)46-24(42)16-39-6-8-45-9-7-39)22-11-17(12-31)10-21(25(22)30)35-28-37-26(34-18-2-3-18)27-33-14-19(13-32)41(27)38-28/h10-11,14,18,20,23H,2-9,15-16H2,1H3,(H,36,43)(H2,34,35,37,38). The summed E-state index contributed by atoms with van der Waals surface area (Å²) in [5.74, 6) is 0.184. The van der Waals surface area contributed by atoms with Crippen molar-refractivity contribution >= 4 is 52.5 Å². The molecule has 0 spiro atoms. The van der Waals surface area contributed by atoms with E-state index in [-0.39, 0.29) is 35.8 Å². The van der Waals surface area contributed by atoms with Gasteiger partial charge in [-0.25, -0.2) is 9.78 Å². The Morgan fingerprint density at radius 3 is 2.67 bits per heavy atom. The van der Waals surface area contributed by atoms with Gasteiger partial charge in [-0.15, -0.1) is 5.10 Å². The number of methoxy groups -OCH3 is 1. The Morgan fingerprint density at radius 2 is 1.96 bits per heavy atom. The molecular formula is C29H32ClN11O5. The fourth-order valence-electron chi connectivity index (χ4n) is 5.42. The molecule has 3 fully saturated rings. The quantitative estimate of drug-likeness (QED) is 0.285. The third-order valence-electron chi connectivity index (χ3n) is 7.95. The lowest BCUT2D eigenvalue weighted by Gasteiger charge is -2.40. The molecule has 1 amide bonds. The summed E-state index contributed by atoms with van der Waals surface area (Å²) in [5.41, 5.74) is 1.85. The van der Waals surface area contributed by atoms with Crippen molar-refractivity contribution < 1.29 is 23.8 Å². The number of halogens is 1. The molecule has 3 N–H and O–H groups in total. The van der Waals surface area contributed by atoms with Crippen LogP contribution < -0.4 is 20.9 Å². The van der Waals surface area contributed by atoms with Crippen LogP contribution in [-0.2, 0) is 19.0 Å². The van der Waals surface area contributed by atoms with Crippen molar-refractivity contribution in [3.05, 3.63) is 34.6 Å². The molecule has 2 unspecified atom stereocenters. The number of nitrogens with zero attached hydrogens (tertiary/aromatic N) is 8. The lowest BCUT2D eigenvalue weighted by atomic mass is 10.0. The maximum Gasteiger partial charge on any atom is 0.407 e. The van der Waals surface area contributed by atoms with Gasteiger partial charge in [0.2, 0.25) is 5.95 Å². The number of aromatic nitrogens is 4. The third-order valence-corrected chi connectivity index (χ3v) is 8.35. The molecule has 16 nitrogen and oxygen atoms in total. The largest absolute Gasteiger partial charge is 0.457 e. The van der Waals surface area contributed by atoms with Gasteiger partial charge in [0.25, 0.3) is 0 Å². The van der Waals surface area contributed by atoms with Gasteiger partial charge >= 0.3 is 12.1 Å². The maximum atomic E-state index is 13.0. The second-order valence-corrected chi connectivity index (χ2v) is 11.6. The summed E-state index contributed by atoms with van der Waals surface area (Å²) < 4.78 is 17.5. The van der Waals surface area contributed by atoms with Crippen LogP contribution >= 0.6 is 11.6 Å². The molecule has 0 radical (unpaired) electrons. The minimum atomic E-state index is -0.730. The molecule has 1 aliphatic carbocycles. The lowest BCUT2D eigenvalue weighted by Crippen LogP contribution is -2.56. The van der Waals surface area contributed by atoms with Gasteiger partial charge in [0.15, 0.2) is 17.2 Å². The van der Waals surface area contributed by atoms with E-state index in [9.17, 15) is 20.1 Å². The SMILES string of the molecule is COC(=O)NC1CCN(c2cc(C#N)cc(Nc3nc(NC4CC4)c4ncc(C#N)n4n3)c2Cl)CC1OC(=O)CN1CCOCC1. The van der Waals surface area contributed by atoms with E-state index in [1.54, 1.807) is 12.1 Å². The number of amides is 1. The molecule has 3 aliphatic rings. The van der Waals surface area contributed by atoms with Gasteiger partial charge in [-0.3, -0.25) is 9.69 Å². The molecule has 2 saturated heterocycles. The van der Waals surface area contributed by atoms with Gasteiger partial charge in [-0.05, 0) is 31.4 Å². The van der Waals surface area contributed by atoms with E-state index in [1.165, 1.54) is 17.8 Å². The van der Waals surface area contributed by atoms with Crippen molar-refractivity contribution in [2.75, 3.05) is 68.6 Å². The Kier molecular flexibility index (Phi) is 9.20. The van der Waals surface area contributed by atoms with Crippen LogP contribution in [0.25, 0.3) is 5.65 Å². The zero-order valence-electron chi connectivity index (χ0n) is 25.0. The van der Waals surface area contributed by atoms with E-state index in [0.717, 1.165) is 12.8 Å². The van der Waals surface area contributed by atoms with Crippen molar-refractivity contribution in [3.8, 4) is 12.1 Å². The van der Waals surface area contributed by atoms with E-state index in [1.807, 2.05) is 9.80 Å². The van der Waals surface area contributed by atoms with Crippen LogP contribution in [0.2, 0.25) is 5.02 Å². The van der Waals surface area contributed by atoms with E-state index in [0.29, 0.717) is 67.7 Å². The summed E-state index contributed by atoms with van der Waals surface area (Å²) in [6.45, 7) is 3.04. The number of ether oxygens (including phenoxy) is 3. The van der Waals surface area contributed by atoms with Gasteiger partial charge in [0.05, 0.1) is 73.7 Å². The Morgan fingerprint density at radius 1 is 1.15 bits per heavy atom. The van der Waals surface area contributed by atoms with Crippen LogP contribution in [0.15, 0.2) is 18.3 Å².